The Morgan fingerprint density at radius 2 is 1.82 bits per heavy atom. The lowest BCUT2D eigenvalue weighted by Crippen LogP contribution is -2.61. The Balaban J connectivity index is 1.52. The van der Waals surface area contributed by atoms with E-state index in [1.165, 1.54) is 13.2 Å². The lowest BCUT2D eigenvalue weighted by Gasteiger charge is -2.44. The van der Waals surface area contributed by atoms with E-state index in [4.69, 9.17) is 23.7 Å². The molecule has 0 unspecified atom stereocenters. The molecule has 1 saturated carbocycles. The van der Waals surface area contributed by atoms with Crippen molar-refractivity contribution in [2.45, 2.75) is 56.4 Å². The van der Waals surface area contributed by atoms with E-state index < -0.39 is 79.4 Å². The summed E-state index contributed by atoms with van der Waals surface area (Å²) < 4.78 is 27.6. The van der Waals surface area contributed by atoms with Crippen molar-refractivity contribution in [2.75, 3.05) is 13.7 Å². The molecule has 0 radical (unpaired) electrons. The Morgan fingerprint density at radius 1 is 1.11 bits per heavy atom. The number of ether oxygens (including phenoxy) is 5. The van der Waals surface area contributed by atoms with Crippen molar-refractivity contribution < 1.29 is 58.8 Å². The minimum absolute atomic E-state index is 0.00171. The molecule has 2 fully saturated rings. The highest BCUT2D eigenvalue weighted by atomic mass is 16.8. The number of carboxylic acids is 1. The van der Waals surface area contributed by atoms with Gasteiger partial charge in [0, 0.05) is 17.9 Å². The molecular weight excluding hydrogens is 504 g/mol. The average Bonchev–Trinajstić information content (AvgIpc) is 3.21. The van der Waals surface area contributed by atoms with Crippen molar-refractivity contribution in [1.29, 1.82) is 0 Å². The summed E-state index contributed by atoms with van der Waals surface area (Å²) in [5, 5.41) is 50.7. The monoisotopic (exact) mass is 536 g/mol. The molecule has 1 aromatic carbocycles. The number of fused-ring (bicyclic) bond motifs is 1. The standard InChI is InChI=1S/C26H32O12/c1-12-17(28)9-15-16(24(32)33)11-35-25(20(12)15)38-26-23(22(31)21(30)18(10-27)36-26)37-19(29)8-5-13-3-6-14(34-2)7-4-13/h3-8,11-12,15,17-18,20-23,25-28,30-31H,9-10H2,1-2H3,(H,32,33)/b8-5+/t12-,15+,17-,18+,20+,21+,22-,23+,25-,26-/m0/s1. The van der Waals surface area contributed by atoms with Gasteiger partial charge < -0.3 is 49.2 Å². The summed E-state index contributed by atoms with van der Waals surface area (Å²) in [6.07, 6.45) is -5.61. The number of rotatable bonds is 8. The minimum atomic E-state index is -1.68. The fourth-order valence-corrected chi connectivity index (χ4v) is 5.15. The molecule has 208 valence electrons. The molecule has 12 nitrogen and oxygen atoms in total. The molecule has 0 aromatic heterocycles. The van der Waals surface area contributed by atoms with Gasteiger partial charge in [-0.1, -0.05) is 19.1 Å². The second kappa shape index (κ2) is 11.8. The summed E-state index contributed by atoms with van der Waals surface area (Å²) in [6.45, 7) is 1.07. The molecule has 12 heteroatoms. The van der Waals surface area contributed by atoms with Crippen molar-refractivity contribution in [2.24, 2.45) is 17.8 Å². The third kappa shape index (κ3) is 5.70. The molecule has 0 bridgehead atoms. The zero-order valence-electron chi connectivity index (χ0n) is 20.8. The Hall–Kier alpha value is -3.00. The predicted octanol–water partition coefficient (Wildman–Crippen LogP) is 0.0337. The number of carboxylic acid groups (broad SMARTS) is 1. The van der Waals surface area contributed by atoms with E-state index in [0.717, 1.165) is 12.3 Å². The Labute approximate surface area is 218 Å². The maximum Gasteiger partial charge on any atom is 0.334 e. The Bertz CT molecular complexity index is 1050. The average molecular weight is 537 g/mol. The SMILES string of the molecule is COc1ccc(/C=C/C(=O)O[C@H]2[C@H](O[C@@H]3OC=C(C(=O)O)[C@H]4C[C@H](O)[C@H](C)[C@@H]34)O[C@H](CO)[C@@H](O)[C@@H]2O)cc1. The smallest absolute Gasteiger partial charge is 0.334 e. The highest BCUT2D eigenvalue weighted by molar-refractivity contribution is 5.87. The van der Waals surface area contributed by atoms with Crippen LogP contribution >= 0.6 is 0 Å². The lowest BCUT2D eigenvalue weighted by molar-refractivity contribution is -0.343. The maximum absolute atomic E-state index is 12.6. The molecule has 1 aromatic rings. The number of aliphatic hydroxyl groups excluding tert-OH is 4. The van der Waals surface area contributed by atoms with E-state index in [9.17, 15) is 35.1 Å². The van der Waals surface area contributed by atoms with Crippen LogP contribution in [0.25, 0.3) is 6.08 Å². The van der Waals surface area contributed by atoms with E-state index in [2.05, 4.69) is 0 Å². The molecular formula is C26H32O12. The predicted molar refractivity (Wildman–Crippen MR) is 128 cm³/mol. The van der Waals surface area contributed by atoms with Gasteiger partial charge >= 0.3 is 11.9 Å². The van der Waals surface area contributed by atoms with Crippen LogP contribution < -0.4 is 4.74 Å². The summed E-state index contributed by atoms with van der Waals surface area (Å²) in [6, 6.07) is 6.86. The molecule has 1 aliphatic carbocycles. The zero-order chi connectivity index (χ0) is 27.6. The molecule has 1 saturated heterocycles. The number of aliphatic hydroxyl groups is 4. The van der Waals surface area contributed by atoms with Crippen molar-refractivity contribution in [3.05, 3.63) is 47.7 Å². The molecule has 0 amide bonds. The number of hydrogen-bond donors (Lipinski definition) is 5. The minimum Gasteiger partial charge on any atom is -0.497 e. The molecule has 0 spiro atoms. The van der Waals surface area contributed by atoms with E-state index in [1.54, 1.807) is 31.2 Å². The van der Waals surface area contributed by atoms with Crippen molar-refractivity contribution in [3.8, 4) is 5.75 Å². The molecule has 3 aliphatic rings. The van der Waals surface area contributed by atoms with E-state index >= 15 is 0 Å². The highest BCUT2D eigenvalue weighted by Crippen LogP contribution is 2.47. The first-order valence-corrected chi connectivity index (χ1v) is 12.2. The van der Waals surface area contributed by atoms with Gasteiger partial charge in [-0.05, 0) is 36.1 Å². The van der Waals surface area contributed by atoms with Gasteiger partial charge in [0.15, 0.2) is 6.10 Å². The normalized spacial score (nSPS) is 36.7. The fourth-order valence-electron chi connectivity index (χ4n) is 5.15. The first-order chi connectivity index (χ1) is 18.1. The highest BCUT2D eigenvalue weighted by Gasteiger charge is 2.54. The topological polar surface area (TPSA) is 181 Å². The van der Waals surface area contributed by atoms with Crippen LogP contribution in [0.3, 0.4) is 0 Å². The van der Waals surface area contributed by atoms with Crippen LogP contribution in [-0.4, -0.2) is 94.3 Å². The van der Waals surface area contributed by atoms with Gasteiger partial charge in [0.25, 0.3) is 0 Å². The van der Waals surface area contributed by atoms with E-state index in [-0.39, 0.29) is 12.0 Å². The van der Waals surface area contributed by atoms with Gasteiger partial charge in [0.1, 0.15) is 24.1 Å². The number of benzene rings is 1. The van der Waals surface area contributed by atoms with Gasteiger partial charge in [-0.15, -0.1) is 0 Å². The second-order valence-corrected chi connectivity index (χ2v) is 9.58. The molecule has 2 heterocycles. The van der Waals surface area contributed by atoms with Gasteiger partial charge in [0.05, 0.1) is 31.7 Å². The number of esters is 1. The van der Waals surface area contributed by atoms with Crippen LogP contribution in [0.2, 0.25) is 0 Å². The fraction of sp³-hybridized carbons (Fsp3) is 0.538. The molecule has 2 aliphatic heterocycles. The van der Waals surface area contributed by atoms with Crippen LogP contribution in [0.1, 0.15) is 18.9 Å². The van der Waals surface area contributed by atoms with Gasteiger partial charge in [-0.3, -0.25) is 0 Å². The third-order valence-corrected chi connectivity index (χ3v) is 7.34. The molecule has 10 atom stereocenters. The zero-order valence-corrected chi connectivity index (χ0v) is 20.8. The van der Waals surface area contributed by atoms with Crippen LogP contribution in [0, 0.1) is 17.8 Å². The summed E-state index contributed by atoms with van der Waals surface area (Å²) in [5.74, 6) is -2.97. The van der Waals surface area contributed by atoms with Crippen molar-refractivity contribution in [1.82, 2.24) is 0 Å². The van der Waals surface area contributed by atoms with Crippen LogP contribution in [-0.2, 0) is 28.5 Å². The van der Waals surface area contributed by atoms with Gasteiger partial charge in [-0.2, -0.15) is 0 Å². The Kier molecular flexibility index (Phi) is 8.71. The number of aliphatic carboxylic acids is 1. The molecule has 5 N–H and O–H groups in total. The van der Waals surface area contributed by atoms with Crippen LogP contribution in [0.15, 0.2) is 42.2 Å². The van der Waals surface area contributed by atoms with Crippen LogP contribution in [0.4, 0.5) is 0 Å². The first kappa shape index (κ1) is 28.0. The number of hydrogen-bond acceptors (Lipinski definition) is 11. The molecule has 4 rings (SSSR count). The van der Waals surface area contributed by atoms with Crippen molar-refractivity contribution in [3.63, 3.8) is 0 Å². The maximum atomic E-state index is 12.6. The summed E-state index contributed by atoms with van der Waals surface area (Å²) in [4.78, 5) is 24.3. The largest absolute Gasteiger partial charge is 0.497 e. The summed E-state index contributed by atoms with van der Waals surface area (Å²) >= 11 is 0. The van der Waals surface area contributed by atoms with E-state index in [0.29, 0.717) is 11.3 Å². The third-order valence-electron chi connectivity index (χ3n) is 7.34. The van der Waals surface area contributed by atoms with Crippen LogP contribution in [0.5, 0.6) is 5.75 Å². The van der Waals surface area contributed by atoms with Gasteiger partial charge in [0.2, 0.25) is 12.6 Å². The van der Waals surface area contributed by atoms with Gasteiger partial charge in [-0.25, -0.2) is 9.59 Å². The summed E-state index contributed by atoms with van der Waals surface area (Å²) in [7, 11) is 1.53. The lowest BCUT2D eigenvalue weighted by atomic mass is 9.83. The quantitative estimate of drug-likeness (QED) is 0.222. The Morgan fingerprint density at radius 3 is 2.45 bits per heavy atom. The second-order valence-electron chi connectivity index (χ2n) is 9.58. The number of methoxy groups -OCH3 is 1. The summed E-state index contributed by atoms with van der Waals surface area (Å²) in [5.41, 5.74) is 0.672. The number of carbonyl (C=O) groups excluding carboxylic acids is 1. The van der Waals surface area contributed by atoms with Crippen molar-refractivity contribution >= 4 is 18.0 Å². The van der Waals surface area contributed by atoms with E-state index in [1.807, 2.05) is 0 Å². The number of carbonyl (C=O) groups is 2. The molecule has 38 heavy (non-hydrogen) atoms. The first-order valence-electron chi connectivity index (χ1n) is 12.2.